The van der Waals surface area contributed by atoms with Crippen molar-refractivity contribution in [2.45, 2.75) is 32.4 Å². The minimum Gasteiger partial charge on any atom is -0.307 e. The van der Waals surface area contributed by atoms with Crippen LogP contribution in [-0.2, 0) is 0 Å². The van der Waals surface area contributed by atoms with E-state index in [1.807, 2.05) is 18.2 Å². The molecule has 3 heteroatoms. The second-order valence-electron chi connectivity index (χ2n) is 4.37. The zero-order valence-electron chi connectivity index (χ0n) is 8.93. The topological polar surface area (TPSA) is 12.0 Å². The molecule has 15 heavy (non-hydrogen) atoms. The quantitative estimate of drug-likeness (QED) is 0.845. The summed E-state index contributed by atoms with van der Waals surface area (Å²) in [6, 6.07) is 6.53. The SMILES string of the molecule is CC(NC1CC1C)c1cc(Cl)ccc1Cl. The van der Waals surface area contributed by atoms with Crippen LogP contribution in [0.3, 0.4) is 0 Å². The van der Waals surface area contributed by atoms with Crippen LogP contribution in [0.5, 0.6) is 0 Å². The van der Waals surface area contributed by atoms with Crippen LogP contribution in [0.15, 0.2) is 18.2 Å². The molecule has 1 N–H and O–H groups in total. The Kier molecular flexibility index (Phi) is 3.24. The third kappa shape index (κ3) is 2.66. The fourth-order valence-electron chi connectivity index (χ4n) is 1.81. The van der Waals surface area contributed by atoms with Crippen molar-refractivity contribution >= 4 is 23.2 Å². The van der Waals surface area contributed by atoms with Crippen molar-refractivity contribution < 1.29 is 0 Å². The number of benzene rings is 1. The molecule has 1 fully saturated rings. The van der Waals surface area contributed by atoms with Gasteiger partial charge in [-0.2, -0.15) is 0 Å². The fourth-order valence-corrected chi connectivity index (χ4v) is 2.27. The summed E-state index contributed by atoms with van der Waals surface area (Å²) in [4.78, 5) is 0. The highest BCUT2D eigenvalue weighted by Gasteiger charge is 2.33. The van der Waals surface area contributed by atoms with Crippen molar-refractivity contribution in [2.24, 2.45) is 5.92 Å². The maximum absolute atomic E-state index is 6.13. The second kappa shape index (κ2) is 4.32. The third-order valence-electron chi connectivity index (χ3n) is 3.00. The molecule has 1 nitrogen and oxygen atoms in total. The van der Waals surface area contributed by atoms with Crippen molar-refractivity contribution in [1.29, 1.82) is 0 Å². The van der Waals surface area contributed by atoms with Gasteiger partial charge >= 0.3 is 0 Å². The van der Waals surface area contributed by atoms with E-state index >= 15 is 0 Å². The smallest absolute Gasteiger partial charge is 0.0454 e. The van der Waals surface area contributed by atoms with Gasteiger partial charge in [0.05, 0.1) is 0 Å². The Hall–Kier alpha value is -0.240. The van der Waals surface area contributed by atoms with Gasteiger partial charge in [-0.3, -0.25) is 0 Å². The Morgan fingerprint density at radius 1 is 1.40 bits per heavy atom. The zero-order valence-corrected chi connectivity index (χ0v) is 10.4. The number of nitrogens with one attached hydrogen (secondary N) is 1. The van der Waals surface area contributed by atoms with Crippen LogP contribution in [0, 0.1) is 5.92 Å². The van der Waals surface area contributed by atoms with E-state index in [1.54, 1.807) is 0 Å². The van der Waals surface area contributed by atoms with E-state index in [2.05, 4.69) is 19.2 Å². The van der Waals surface area contributed by atoms with Crippen molar-refractivity contribution in [3.8, 4) is 0 Å². The summed E-state index contributed by atoms with van der Waals surface area (Å²) in [6.45, 7) is 4.38. The highest BCUT2D eigenvalue weighted by atomic mass is 35.5. The Balaban J connectivity index is 2.10. The maximum Gasteiger partial charge on any atom is 0.0454 e. The summed E-state index contributed by atoms with van der Waals surface area (Å²) in [5, 5.41) is 5.07. The Morgan fingerprint density at radius 3 is 2.67 bits per heavy atom. The molecule has 82 valence electrons. The van der Waals surface area contributed by atoms with Crippen molar-refractivity contribution in [2.75, 3.05) is 0 Å². The molecule has 1 aromatic carbocycles. The van der Waals surface area contributed by atoms with Gasteiger partial charge in [0.1, 0.15) is 0 Å². The normalized spacial score (nSPS) is 26.4. The molecule has 0 saturated heterocycles. The molecule has 1 saturated carbocycles. The first-order chi connectivity index (χ1) is 7.08. The minimum atomic E-state index is 0.270. The Bertz CT molecular complexity index is 365. The summed E-state index contributed by atoms with van der Waals surface area (Å²) in [5.41, 5.74) is 1.09. The zero-order chi connectivity index (χ0) is 11.0. The van der Waals surface area contributed by atoms with E-state index in [9.17, 15) is 0 Å². The fraction of sp³-hybridized carbons (Fsp3) is 0.500. The van der Waals surface area contributed by atoms with Gasteiger partial charge in [0, 0.05) is 22.1 Å². The Morgan fingerprint density at radius 2 is 2.07 bits per heavy atom. The lowest BCUT2D eigenvalue weighted by Crippen LogP contribution is -2.22. The van der Waals surface area contributed by atoms with E-state index in [0.29, 0.717) is 6.04 Å². The molecule has 0 radical (unpaired) electrons. The average molecular weight is 244 g/mol. The predicted molar refractivity (Wildman–Crippen MR) is 65.6 cm³/mol. The summed E-state index contributed by atoms with van der Waals surface area (Å²) in [5.74, 6) is 0.797. The number of rotatable bonds is 3. The summed E-state index contributed by atoms with van der Waals surface area (Å²) in [7, 11) is 0. The second-order valence-corrected chi connectivity index (χ2v) is 5.22. The lowest BCUT2D eigenvalue weighted by atomic mass is 10.1. The van der Waals surface area contributed by atoms with Crippen LogP contribution in [-0.4, -0.2) is 6.04 Å². The molecule has 2 rings (SSSR count). The summed E-state index contributed by atoms with van der Waals surface area (Å²) >= 11 is 12.1. The van der Waals surface area contributed by atoms with E-state index in [0.717, 1.165) is 21.5 Å². The molecule has 1 aromatic rings. The first-order valence-electron chi connectivity index (χ1n) is 5.29. The standard InChI is InChI=1S/C12H15Cl2N/c1-7-5-12(7)15-8(2)10-6-9(13)3-4-11(10)14/h3-4,6-8,12,15H,5H2,1-2H3. The van der Waals surface area contributed by atoms with Crippen LogP contribution in [0.2, 0.25) is 10.0 Å². The third-order valence-corrected chi connectivity index (χ3v) is 3.58. The molecule has 3 unspecified atom stereocenters. The molecule has 3 atom stereocenters. The highest BCUT2D eigenvalue weighted by molar-refractivity contribution is 6.33. The maximum atomic E-state index is 6.13. The van der Waals surface area contributed by atoms with E-state index in [-0.39, 0.29) is 6.04 Å². The van der Waals surface area contributed by atoms with Crippen LogP contribution in [0.4, 0.5) is 0 Å². The largest absolute Gasteiger partial charge is 0.307 e. The first-order valence-corrected chi connectivity index (χ1v) is 6.04. The summed E-state index contributed by atoms with van der Waals surface area (Å²) in [6.07, 6.45) is 1.27. The van der Waals surface area contributed by atoms with Crippen LogP contribution in [0.25, 0.3) is 0 Å². The minimum absolute atomic E-state index is 0.270. The van der Waals surface area contributed by atoms with E-state index in [4.69, 9.17) is 23.2 Å². The van der Waals surface area contributed by atoms with Gasteiger partial charge in [-0.05, 0) is 43.0 Å². The molecular weight excluding hydrogens is 229 g/mol. The van der Waals surface area contributed by atoms with Crippen LogP contribution >= 0.6 is 23.2 Å². The van der Waals surface area contributed by atoms with E-state index < -0.39 is 0 Å². The lowest BCUT2D eigenvalue weighted by Gasteiger charge is -2.15. The highest BCUT2D eigenvalue weighted by Crippen LogP contribution is 2.33. The van der Waals surface area contributed by atoms with Crippen molar-refractivity contribution in [3.63, 3.8) is 0 Å². The van der Waals surface area contributed by atoms with Crippen LogP contribution < -0.4 is 5.32 Å². The molecule has 1 aliphatic carbocycles. The van der Waals surface area contributed by atoms with Gasteiger partial charge in [-0.15, -0.1) is 0 Å². The molecule has 0 aliphatic heterocycles. The molecule has 0 bridgehead atoms. The molecule has 0 amide bonds. The van der Waals surface area contributed by atoms with Gasteiger partial charge in [0.15, 0.2) is 0 Å². The average Bonchev–Trinajstić information content (AvgIpc) is 2.86. The Labute approximate surface area is 101 Å². The molecule has 0 spiro atoms. The van der Waals surface area contributed by atoms with Gasteiger partial charge < -0.3 is 5.32 Å². The predicted octanol–water partition coefficient (Wildman–Crippen LogP) is 4.05. The van der Waals surface area contributed by atoms with Crippen molar-refractivity contribution in [3.05, 3.63) is 33.8 Å². The molecule has 0 aromatic heterocycles. The molecule has 0 heterocycles. The lowest BCUT2D eigenvalue weighted by molar-refractivity contribution is 0.552. The number of hydrogen-bond acceptors (Lipinski definition) is 1. The van der Waals surface area contributed by atoms with Gasteiger partial charge in [0.2, 0.25) is 0 Å². The first kappa shape index (κ1) is 11.3. The van der Waals surface area contributed by atoms with Gasteiger partial charge in [0.25, 0.3) is 0 Å². The monoisotopic (exact) mass is 243 g/mol. The van der Waals surface area contributed by atoms with Gasteiger partial charge in [-0.25, -0.2) is 0 Å². The van der Waals surface area contributed by atoms with Crippen LogP contribution in [0.1, 0.15) is 31.9 Å². The van der Waals surface area contributed by atoms with E-state index in [1.165, 1.54) is 6.42 Å². The molecular formula is C12H15Cl2N. The summed E-state index contributed by atoms with van der Waals surface area (Å²) < 4.78 is 0. The van der Waals surface area contributed by atoms with Gasteiger partial charge in [-0.1, -0.05) is 30.1 Å². The number of hydrogen-bond donors (Lipinski definition) is 1. The molecule has 1 aliphatic rings. The van der Waals surface area contributed by atoms with Crippen molar-refractivity contribution in [1.82, 2.24) is 5.32 Å². The number of halogens is 2.